The molecule has 0 unspecified atom stereocenters. The van der Waals surface area contributed by atoms with Gasteiger partial charge in [0.05, 0.1) is 33.8 Å². The van der Waals surface area contributed by atoms with Gasteiger partial charge in [-0.25, -0.2) is 4.98 Å². The fraction of sp³-hybridized carbons (Fsp3) is 0.0500. The number of nitriles is 1. The fourth-order valence-electron chi connectivity index (χ4n) is 2.89. The quantitative estimate of drug-likeness (QED) is 0.269. The Kier molecular flexibility index (Phi) is 5.90. The molecular formula is C20H12ClN5O3S2. The maximum atomic E-state index is 11.5. The van der Waals surface area contributed by atoms with Crippen LogP contribution in [-0.4, -0.2) is 22.0 Å². The summed E-state index contributed by atoms with van der Waals surface area (Å²) in [6, 6.07) is 10.3. The highest BCUT2D eigenvalue weighted by atomic mass is 35.5. The molecule has 0 bridgehead atoms. The minimum absolute atomic E-state index is 0.0901. The monoisotopic (exact) mass is 469 g/mol. The number of hydrogen-bond acceptors (Lipinski definition) is 9. The summed E-state index contributed by atoms with van der Waals surface area (Å²) in [7, 11) is 1.35. The van der Waals surface area contributed by atoms with Gasteiger partial charge in [0, 0.05) is 45.9 Å². The Balaban J connectivity index is 1.76. The molecule has 0 spiro atoms. The van der Waals surface area contributed by atoms with Gasteiger partial charge in [-0.1, -0.05) is 23.4 Å². The van der Waals surface area contributed by atoms with Crippen molar-refractivity contribution in [3.63, 3.8) is 0 Å². The van der Waals surface area contributed by atoms with Crippen LogP contribution < -0.4 is 10.1 Å². The Morgan fingerprint density at radius 2 is 2.16 bits per heavy atom. The third-order valence-corrected chi connectivity index (χ3v) is 6.68. The zero-order chi connectivity index (χ0) is 22.0. The molecule has 1 N–H and O–H groups in total. The number of aromatic nitrogens is 2. The number of anilines is 2. The largest absolute Gasteiger partial charge is 0.490 e. The summed E-state index contributed by atoms with van der Waals surface area (Å²) in [5.74, 6) is 0.0901. The van der Waals surface area contributed by atoms with E-state index < -0.39 is 4.92 Å². The maximum absolute atomic E-state index is 11.5. The van der Waals surface area contributed by atoms with Crippen LogP contribution in [-0.2, 0) is 0 Å². The number of pyridine rings is 1. The van der Waals surface area contributed by atoms with Gasteiger partial charge in [-0.3, -0.25) is 15.1 Å². The normalized spacial score (nSPS) is 10.6. The van der Waals surface area contributed by atoms with Crippen molar-refractivity contribution in [3.8, 4) is 11.8 Å². The van der Waals surface area contributed by atoms with E-state index in [4.69, 9.17) is 16.3 Å². The number of nitro benzene ring substituents is 1. The molecule has 11 heteroatoms. The van der Waals surface area contributed by atoms with Crippen LogP contribution in [0.25, 0.3) is 10.9 Å². The number of fused-ring (bicyclic) bond motifs is 1. The fourth-order valence-corrected chi connectivity index (χ4v) is 4.77. The van der Waals surface area contributed by atoms with Gasteiger partial charge in [0.15, 0.2) is 10.1 Å². The van der Waals surface area contributed by atoms with Crippen LogP contribution in [0.15, 0.2) is 57.3 Å². The van der Waals surface area contributed by atoms with E-state index in [1.165, 1.54) is 48.5 Å². The second kappa shape index (κ2) is 8.77. The summed E-state index contributed by atoms with van der Waals surface area (Å²) in [6.45, 7) is 0. The van der Waals surface area contributed by atoms with E-state index >= 15 is 0 Å². The molecule has 2 aromatic heterocycles. The van der Waals surface area contributed by atoms with E-state index in [0.29, 0.717) is 27.3 Å². The van der Waals surface area contributed by atoms with Crippen LogP contribution >= 0.6 is 34.7 Å². The Morgan fingerprint density at radius 3 is 2.81 bits per heavy atom. The first-order valence-corrected chi connectivity index (χ1v) is 10.8. The van der Waals surface area contributed by atoms with E-state index in [0.717, 1.165) is 9.24 Å². The summed E-state index contributed by atoms with van der Waals surface area (Å²) in [4.78, 5) is 20.2. The predicted molar refractivity (Wildman–Crippen MR) is 121 cm³/mol. The lowest BCUT2D eigenvalue weighted by Gasteiger charge is -2.13. The van der Waals surface area contributed by atoms with E-state index in [2.05, 4.69) is 21.4 Å². The SMILES string of the molecule is COc1cc2ncc(C#N)c(Nc3ccc(Sc4nccs4)c(Cl)c3)c2cc1[N+](=O)[O-]. The van der Waals surface area contributed by atoms with E-state index in [9.17, 15) is 15.4 Å². The highest BCUT2D eigenvalue weighted by Crippen LogP contribution is 2.39. The van der Waals surface area contributed by atoms with Crippen molar-refractivity contribution >= 4 is 62.7 Å². The van der Waals surface area contributed by atoms with Gasteiger partial charge in [-0.2, -0.15) is 5.26 Å². The van der Waals surface area contributed by atoms with Crippen LogP contribution in [0.2, 0.25) is 5.02 Å². The number of halogens is 1. The standard InChI is InChI=1S/C20H12ClN5O3S2/c1-29-17-8-15-13(7-16(17)26(27)28)19(11(9-22)10-24-15)25-12-2-3-18(14(21)6-12)31-20-23-4-5-30-20/h2-8,10H,1H3,(H,24,25). The van der Waals surface area contributed by atoms with E-state index in [1.54, 1.807) is 12.3 Å². The number of methoxy groups -OCH3 is 1. The van der Waals surface area contributed by atoms with Gasteiger partial charge in [-0.05, 0) is 18.2 Å². The van der Waals surface area contributed by atoms with Gasteiger partial charge in [0.2, 0.25) is 0 Å². The molecule has 0 radical (unpaired) electrons. The smallest absolute Gasteiger partial charge is 0.311 e. The second-order valence-corrected chi connectivity index (χ2v) is 8.72. The number of nitro groups is 1. The Labute approximate surface area is 189 Å². The lowest BCUT2D eigenvalue weighted by Crippen LogP contribution is -1.99. The maximum Gasteiger partial charge on any atom is 0.311 e. The minimum Gasteiger partial charge on any atom is -0.490 e. The second-order valence-electron chi connectivity index (χ2n) is 6.13. The highest BCUT2D eigenvalue weighted by molar-refractivity contribution is 8.01. The first-order chi connectivity index (χ1) is 15.0. The van der Waals surface area contributed by atoms with Crippen LogP contribution in [0.3, 0.4) is 0 Å². The van der Waals surface area contributed by atoms with E-state index in [1.807, 2.05) is 17.5 Å². The lowest BCUT2D eigenvalue weighted by molar-refractivity contribution is -0.385. The zero-order valence-corrected chi connectivity index (χ0v) is 18.2. The van der Waals surface area contributed by atoms with Crippen LogP contribution in [0.4, 0.5) is 17.1 Å². The summed E-state index contributed by atoms with van der Waals surface area (Å²) in [5, 5.41) is 27.0. The zero-order valence-electron chi connectivity index (χ0n) is 15.8. The number of nitrogens with one attached hydrogen (secondary N) is 1. The first kappa shape index (κ1) is 20.9. The van der Waals surface area contributed by atoms with Gasteiger partial charge in [-0.15, -0.1) is 11.3 Å². The summed E-state index contributed by atoms with van der Waals surface area (Å²) in [6.07, 6.45) is 3.13. The van der Waals surface area contributed by atoms with Crippen molar-refractivity contribution in [3.05, 3.63) is 68.8 Å². The van der Waals surface area contributed by atoms with Crippen LogP contribution in [0, 0.1) is 21.4 Å². The first-order valence-electron chi connectivity index (χ1n) is 8.69. The average Bonchev–Trinajstić information content (AvgIpc) is 3.28. The third-order valence-electron chi connectivity index (χ3n) is 4.29. The summed E-state index contributed by atoms with van der Waals surface area (Å²) in [5.41, 5.74) is 1.49. The molecule has 31 heavy (non-hydrogen) atoms. The molecule has 2 aromatic carbocycles. The number of rotatable bonds is 6. The molecule has 0 amide bonds. The summed E-state index contributed by atoms with van der Waals surface area (Å²) >= 11 is 9.41. The Morgan fingerprint density at radius 1 is 1.32 bits per heavy atom. The average molecular weight is 470 g/mol. The molecule has 2 heterocycles. The van der Waals surface area contributed by atoms with Crippen molar-refractivity contribution in [2.24, 2.45) is 0 Å². The van der Waals surface area contributed by atoms with Gasteiger partial charge < -0.3 is 10.1 Å². The number of hydrogen-bond donors (Lipinski definition) is 1. The number of nitrogens with zero attached hydrogens (tertiary/aromatic N) is 4. The number of ether oxygens (including phenoxy) is 1. The molecule has 0 saturated heterocycles. The number of thiazole rings is 1. The number of benzene rings is 2. The van der Waals surface area contributed by atoms with Crippen molar-refractivity contribution in [2.45, 2.75) is 9.24 Å². The van der Waals surface area contributed by atoms with Crippen molar-refractivity contribution in [2.75, 3.05) is 12.4 Å². The van der Waals surface area contributed by atoms with Crippen LogP contribution in [0.1, 0.15) is 5.56 Å². The highest BCUT2D eigenvalue weighted by Gasteiger charge is 2.20. The third kappa shape index (κ3) is 4.25. The molecule has 0 aliphatic rings. The Bertz CT molecular complexity index is 1340. The molecule has 154 valence electrons. The molecule has 0 saturated carbocycles. The van der Waals surface area contributed by atoms with Crippen molar-refractivity contribution in [1.82, 2.24) is 9.97 Å². The van der Waals surface area contributed by atoms with Crippen LogP contribution in [0.5, 0.6) is 5.75 Å². The topological polar surface area (TPSA) is 114 Å². The minimum atomic E-state index is -0.539. The molecule has 0 atom stereocenters. The molecular weight excluding hydrogens is 458 g/mol. The van der Waals surface area contributed by atoms with E-state index in [-0.39, 0.29) is 17.0 Å². The molecule has 4 rings (SSSR count). The van der Waals surface area contributed by atoms with Crippen molar-refractivity contribution in [1.29, 1.82) is 5.26 Å². The molecule has 4 aromatic rings. The molecule has 0 fully saturated rings. The molecule has 8 nitrogen and oxygen atoms in total. The Hall–Kier alpha value is -3.39. The van der Waals surface area contributed by atoms with Gasteiger partial charge in [0.1, 0.15) is 6.07 Å². The van der Waals surface area contributed by atoms with Gasteiger partial charge >= 0.3 is 5.69 Å². The lowest BCUT2D eigenvalue weighted by atomic mass is 10.1. The van der Waals surface area contributed by atoms with Crippen molar-refractivity contribution < 1.29 is 9.66 Å². The predicted octanol–water partition coefficient (Wildman–Crippen LogP) is 6.03. The molecule has 0 aliphatic carbocycles. The summed E-state index contributed by atoms with van der Waals surface area (Å²) < 4.78 is 5.98. The van der Waals surface area contributed by atoms with Gasteiger partial charge in [0.25, 0.3) is 0 Å². The molecule has 0 aliphatic heterocycles.